The molecule has 0 amide bonds. The Morgan fingerprint density at radius 3 is 1.43 bits per heavy atom. The van der Waals surface area contributed by atoms with E-state index in [4.69, 9.17) is 0 Å². The lowest BCUT2D eigenvalue weighted by molar-refractivity contribution is 0.763. The first kappa shape index (κ1) is 6.56. The van der Waals surface area contributed by atoms with E-state index in [1.807, 2.05) is 0 Å². The maximum Gasteiger partial charge on any atom is 0.00890 e. The Labute approximate surface area is 45.9 Å². The van der Waals surface area contributed by atoms with Crippen molar-refractivity contribution >= 4 is 0 Å². The molecule has 7 heavy (non-hydrogen) atoms. The molecular weight excluding hydrogens is 84.1 g/mol. The SMILES string of the molecule is C.C1#CCCCC1. The van der Waals surface area contributed by atoms with Crippen LogP contribution in [0.3, 0.4) is 0 Å². The molecule has 0 unspecified atom stereocenters. The summed E-state index contributed by atoms with van der Waals surface area (Å²) in [6.07, 6.45) is 4.93. The largest absolute Gasteiger partial charge is 0.103 e. The van der Waals surface area contributed by atoms with E-state index < -0.39 is 0 Å². The van der Waals surface area contributed by atoms with Crippen LogP contribution in [-0.4, -0.2) is 0 Å². The van der Waals surface area contributed by atoms with Gasteiger partial charge in [-0.15, -0.1) is 11.8 Å². The second-order valence-electron chi connectivity index (χ2n) is 1.56. The molecule has 0 bridgehead atoms. The molecule has 0 atom stereocenters. The Morgan fingerprint density at radius 2 is 1.29 bits per heavy atom. The van der Waals surface area contributed by atoms with Crippen LogP contribution in [0.1, 0.15) is 33.1 Å². The molecule has 0 aromatic rings. The highest BCUT2D eigenvalue weighted by Crippen LogP contribution is 2.01. The summed E-state index contributed by atoms with van der Waals surface area (Å²) in [4.78, 5) is 0. The van der Waals surface area contributed by atoms with Crippen LogP contribution in [0.25, 0.3) is 0 Å². The highest BCUT2D eigenvalue weighted by molar-refractivity contribution is 5.01. The van der Waals surface area contributed by atoms with Crippen LogP contribution in [0.5, 0.6) is 0 Å². The Morgan fingerprint density at radius 1 is 0.857 bits per heavy atom. The molecule has 0 heteroatoms. The Hall–Kier alpha value is -0.440. The molecule has 0 N–H and O–H groups in total. The summed E-state index contributed by atoms with van der Waals surface area (Å²) < 4.78 is 0. The van der Waals surface area contributed by atoms with Crippen molar-refractivity contribution in [1.82, 2.24) is 0 Å². The van der Waals surface area contributed by atoms with Crippen LogP contribution in [0.15, 0.2) is 0 Å². The molecule has 1 rings (SSSR count). The Balaban J connectivity index is 0.000000360. The molecule has 0 saturated carbocycles. The minimum absolute atomic E-state index is 0. The maximum absolute atomic E-state index is 3.03. The standard InChI is InChI=1S/C6H8.CH4/c1-2-4-6-5-3-1;/h1-4H2;1H4. The van der Waals surface area contributed by atoms with Crippen LogP contribution in [-0.2, 0) is 0 Å². The van der Waals surface area contributed by atoms with Gasteiger partial charge in [-0.05, 0) is 12.8 Å². The van der Waals surface area contributed by atoms with Crippen molar-refractivity contribution in [3.63, 3.8) is 0 Å². The second kappa shape index (κ2) is 3.74. The summed E-state index contributed by atoms with van der Waals surface area (Å²) in [5.41, 5.74) is 0. The molecule has 0 aliphatic heterocycles. The van der Waals surface area contributed by atoms with Gasteiger partial charge in [0.05, 0.1) is 0 Å². The van der Waals surface area contributed by atoms with E-state index >= 15 is 0 Å². The van der Waals surface area contributed by atoms with Crippen LogP contribution < -0.4 is 0 Å². The zero-order chi connectivity index (χ0) is 4.24. The predicted molar refractivity (Wildman–Crippen MR) is 33.0 cm³/mol. The van der Waals surface area contributed by atoms with E-state index in [0.29, 0.717) is 0 Å². The fourth-order valence-corrected chi connectivity index (χ4v) is 0.604. The summed E-state index contributed by atoms with van der Waals surface area (Å²) >= 11 is 0. The van der Waals surface area contributed by atoms with Crippen molar-refractivity contribution in [2.45, 2.75) is 33.1 Å². The van der Waals surface area contributed by atoms with Crippen LogP contribution >= 0.6 is 0 Å². The first-order chi connectivity index (χ1) is 3.00. The minimum atomic E-state index is 0. The highest BCUT2D eigenvalue weighted by atomic mass is 13.9. The van der Waals surface area contributed by atoms with E-state index in [2.05, 4.69) is 11.8 Å². The van der Waals surface area contributed by atoms with E-state index in [1.54, 1.807) is 0 Å². The van der Waals surface area contributed by atoms with Gasteiger partial charge in [-0.25, -0.2) is 0 Å². The van der Waals surface area contributed by atoms with Gasteiger partial charge in [0.25, 0.3) is 0 Å². The molecule has 0 fully saturated rings. The van der Waals surface area contributed by atoms with Gasteiger partial charge < -0.3 is 0 Å². The molecule has 0 spiro atoms. The van der Waals surface area contributed by atoms with Crippen LogP contribution in [0.4, 0.5) is 0 Å². The van der Waals surface area contributed by atoms with Crippen molar-refractivity contribution in [1.29, 1.82) is 0 Å². The third-order valence-electron chi connectivity index (χ3n) is 0.979. The Bertz CT molecular complexity index is 71.9. The Kier molecular flexibility index (Phi) is 3.50. The summed E-state index contributed by atoms with van der Waals surface area (Å²) in [7, 11) is 0. The lowest BCUT2D eigenvalue weighted by Crippen LogP contribution is -1.77. The van der Waals surface area contributed by atoms with Crippen LogP contribution in [0, 0.1) is 11.8 Å². The van der Waals surface area contributed by atoms with Gasteiger partial charge in [0.2, 0.25) is 0 Å². The van der Waals surface area contributed by atoms with Crippen molar-refractivity contribution in [3.05, 3.63) is 0 Å². The summed E-state index contributed by atoms with van der Waals surface area (Å²) in [5.74, 6) is 6.07. The lowest BCUT2D eigenvalue weighted by Gasteiger charge is -1.92. The fourth-order valence-electron chi connectivity index (χ4n) is 0.604. The molecule has 0 aromatic heterocycles. The van der Waals surface area contributed by atoms with Crippen molar-refractivity contribution in [2.75, 3.05) is 0 Å². The number of hydrogen-bond acceptors (Lipinski definition) is 0. The van der Waals surface area contributed by atoms with Gasteiger partial charge in [-0.1, -0.05) is 7.43 Å². The van der Waals surface area contributed by atoms with E-state index in [-0.39, 0.29) is 7.43 Å². The van der Waals surface area contributed by atoms with Gasteiger partial charge in [-0.2, -0.15) is 0 Å². The lowest BCUT2D eigenvalue weighted by atomic mass is 10.1. The molecule has 0 radical (unpaired) electrons. The number of rotatable bonds is 0. The molecule has 1 aliphatic rings. The molecule has 0 nitrogen and oxygen atoms in total. The quantitative estimate of drug-likeness (QED) is 0.405. The van der Waals surface area contributed by atoms with Gasteiger partial charge in [0.1, 0.15) is 0 Å². The molecule has 40 valence electrons. The average molecular weight is 96.2 g/mol. The second-order valence-corrected chi connectivity index (χ2v) is 1.56. The van der Waals surface area contributed by atoms with Crippen LogP contribution in [0.2, 0.25) is 0 Å². The third-order valence-corrected chi connectivity index (χ3v) is 0.979. The van der Waals surface area contributed by atoms with Crippen molar-refractivity contribution < 1.29 is 0 Å². The monoisotopic (exact) mass is 96.1 g/mol. The predicted octanol–water partition coefficient (Wildman–Crippen LogP) is 2.20. The smallest absolute Gasteiger partial charge is 0.00890 e. The van der Waals surface area contributed by atoms with E-state index in [1.165, 1.54) is 12.8 Å². The van der Waals surface area contributed by atoms with Gasteiger partial charge in [0.15, 0.2) is 0 Å². The molecule has 0 aromatic carbocycles. The summed E-state index contributed by atoms with van der Waals surface area (Å²) in [5, 5.41) is 0. The van der Waals surface area contributed by atoms with E-state index in [9.17, 15) is 0 Å². The maximum atomic E-state index is 3.03. The summed E-state index contributed by atoms with van der Waals surface area (Å²) in [6, 6.07) is 0. The normalized spacial score (nSPS) is 16.0. The molecule has 0 saturated heterocycles. The average Bonchev–Trinajstić information content (AvgIpc) is 1.72. The van der Waals surface area contributed by atoms with Gasteiger partial charge in [0, 0.05) is 12.8 Å². The topological polar surface area (TPSA) is 0 Å². The zero-order valence-electron chi connectivity index (χ0n) is 3.83. The third kappa shape index (κ3) is 2.28. The fraction of sp³-hybridized carbons (Fsp3) is 0.714. The number of hydrogen-bond donors (Lipinski definition) is 0. The van der Waals surface area contributed by atoms with Gasteiger partial charge in [-0.3, -0.25) is 0 Å². The minimum Gasteiger partial charge on any atom is -0.103 e. The van der Waals surface area contributed by atoms with E-state index in [0.717, 1.165) is 12.8 Å². The molecule has 0 heterocycles. The highest BCUT2D eigenvalue weighted by Gasteiger charge is 1.86. The zero-order valence-corrected chi connectivity index (χ0v) is 3.83. The van der Waals surface area contributed by atoms with Crippen molar-refractivity contribution in [2.24, 2.45) is 0 Å². The summed E-state index contributed by atoms with van der Waals surface area (Å²) in [6.45, 7) is 0. The molecular formula is C7H12. The van der Waals surface area contributed by atoms with Crippen molar-refractivity contribution in [3.8, 4) is 11.8 Å². The van der Waals surface area contributed by atoms with Gasteiger partial charge >= 0.3 is 0 Å². The first-order valence-electron chi connectivity index (χ1n) is 2.46. The first-order valence-corrected chi connectivity index (χ1v) is 2.46. The molecule has 1 aliphatic carbocycles.